The lowest BCUT2D eigenvalue weighted by atomic mass is 10.3. The number of rotatable bonds is 7. The van der Waals surface area contributed by atoms with Gasteiger partial charge in [0.2, 0.25) is 4.77 Å². The lowest BCUT2D eigenvalue weighted by Gasteiger charge is -2.15. The molecule has 5 nitrogen and oxygen atoms in total. The van der Waals surface area contributed by atoms with Crippen molar-refractivity contribution in [1.29, 1.82) is 0 Å². The topological polar surface area (TPSA) is 29.2 Å². The van der Waals surface area contributed by atoms with E-state index in [1.54, 1.807) is 0 Å². The molecule has 0 unspecified atom stereocenters. The third-order valence-corrected chi connectivity index (χ3v) is 5.52. The van der Waals surface area contributed by atoms with Crippen molar-refractivity contribution in [3.05, 3.63) is 40.9 Å². The third kappa shape index (κ3) is 4.02. The van der Waals surface area contributed by atoms with Gasteiger partial charge in [-0.3, -0.25) is 14.4 Å². The quantitative estimate of drug-likeness (QED) is 0.711. The van der Waals surface area contributed by atoms with E-state index in [2.05, 4.69) is 45.7 Å². The van der Waals surface area contributed by atoms with Gasteiger partial charge in [0.1, 0.15) is 0 Å². The molecule has 25 heavy (non-hydrogen) atoms. The van der Waals surface area contributed by atoms with Crippen LogP contribution < -0.4 is 0 Å². The third-order valence-electron chi connectivity index (χ3n) is 5.13. The number of likely N-dealkylation sites (tertiary alicyclic amines) is 1. The van der Waals surface area contributed by atoms with Gasteiger partial charge in [-0.2, -0.15) is 5.10 Å². The summed E-state index contributed by atoms with van der Waals surface area (Å²) in [4.78, 5) is 4.82. The lowest BCUT2D eigenvalue weighted by molar-refractivity contribution is 0.241. The van der Waals surface area contributed by atoms with Crippen molar-refractivity contribution in [3.63, 3.8) is 0 Å². The minimum absolute atomic E-state index is 0.766. The predicted molar refractivity (Wildman–Crippen MR) is 102 cm³/mol. The largest absolute Gasteiger partial charge is 0.296 e. The zero-order valence-electron chi connectivity index (χ0n) is 15.0. The summed E-state index contributed by atoms with van der Waals surface area (Å²) in [6, 6.07) is 10.4. The van der Waals surface area contributed by atoms with E-state index >= 15 is 0 Å². The maximum absolute atomic E-state index is 5.80. The monoisotopic (exact) mass is 357 g/mol. The minimum Gasteiger partial charge on any atom is -0.296 e. The summed E-state index contributed by atoms with van der Waals surface area (Å²) in [5, 5.41) is 4.91. The maximum Gasteiger partial charge on any atom is 0.203 e. The highest BCUT2D eigenvalue weighted by molar-refractivity contribution is 7.71. The fraction of sp³-hybridized carbons (Fsp3) is 0.579. The molecule has 0 radical (unpaired) electrons. The van der Waals surface area contributed by atoms with Gasteiger partial charge in [0, 0.05) is 12.2 Å². The molecule has 1 saturated carbocycles. The second-order valence-corrected chi connectivity index (χ2v) is 7.84. The number of hydrogen-bond donors (Lipinski definition) is 0. The van der Waals surface area contributed by atoms with Crippen LogP contribution in [0.5, 0.6) is 0 Å². The number of hydrogen-bond acceptors (Lipinski definition) is 4. The molecule has 0 N–H and O–H groups in total. The highest BCUT2D eigenvalue weighted by atomic mass is 32.1. The minimum atomic E-state index is 0.766. The molecule has 1 aliphatic heterocycles. The first-order chi connectivity index (χ1) is 12.2. The van der Waals surface area contributed by atoms with E-state index in [4.69, 9.17) is 17.3 Å². The molecule has 2 aromatic rings. The zero-order chi connectivity index (χ0) is 17.2. The summed E-state index contributed by atoms with van der Waals surface area (Å²) in [5.41, 5.74) is 1.11. The first kappa shape index (κ1) is 16.9. The van der Waals surface area contributed by atoms with Crippen molar-refractivity contribution in [2.24, 2.45) is 5.92 Å². The predicted octanol–water partition coefficient (Wildman–Crippen LogP) is 3.30. The molecule has 134 valence electrons. The Balaban J connectivity index is 1.62. The van der Waals surface area contributed by atoms with Crippen LogP contribution in [-0.2, 0) is 13.2 Å². The zero-order valence-corrected chi connectivity index (χ0v) is 15.8. The maximum atomic E-state index is 5.80. The van der Waals surface area contributed by atoms with E-state index in [9.17, 15) is 0 Å². The van der Waals surface area contributed by atoms with Crippen LogP contribution in [0.25, 0.3) is 5.69 Å². The van der Waals surface area contributed by atoms with E-state index < -0.39 is 0 Å². The molecular weight excluding hydrogens is 330 g/mol. The Morgan fingerprint density at radius 1 is 1.16 bits per heavy atom. The molecule has 0 bridgehead atoms. The van der Waals surface area contributed by atoms with E-state index in [1.807, 2.05) is 10.7 Å². The standard InChI is InChI=1S/C19H27N5S/c1-21(13-16-9-10-16)15-23-19(25)24(17-7-3-2-4-8-17)18(20-23)14-22-11-5-6-12-22/h2-4,7-8,16H,5-6,9-15H2,1H3. The molecule has 6 heteroatoms. The van der Waals surface area contributed by atoms with Gasteiger partial charge < -0.3 is 0 Å². The van der Waals surface area contributed by atoms with Gasteiger partial charge in [-0.1, -0.05) is 18.2 Å². The molecule has 2 heterocycles. The Morgan fingerprint density at radius 3 is 2.56 bits per heavy atom. The first-order valence-corrected chi connectivity index (χ1v) is 9.76. The molecule has 0 spiro atoms. The normalized spacial score (nSPS) is 18.3. The number of benzene rings is 1. The van der Waals surface area contributed by atoms with Gasteiger partial charge in [0.15, 0.2) is 5.82 Å². The summed E-state index contributed by atoms with van der Waals surface area (Å²) >= 11 is 5.80. The van der Waals surface area contributed by atoms with Crippen LogP contribution in [0.3, 0.4) is 0 Å². The highest BCUT2D eigenvalue weighted by Crippen LogP contribution is 2.29. The fourth-order valence-corrected chi connectivity index (χ4v) is 3.96. The van der Waals surface area contributed by atoms with Crippen molar-refractivity contribution in [2.75, 3.05) is 26.7 Å². The number of nitrogens with zero attached hydrogens (tertiary/aromatic N) is 5. The Labute approximate surface area is 154 Å². The van der Waals surface area contributed by atoms with Crippen LogP contribution >= 0.6 is 12.2 Å². The van der Waals surface area contributed by atoms with Crippen molar-refractivity contribution in [3.8, 4) is 5.69 Å². The molecule has 1 aliphatic carbocycles. The van der Waals surface area contributed by atoms with Crippen LogP contribution in [-0.4, -0.2) is 50.8 Å². The van der Waals surface area contributed by atoms with Gasteiger partial charge >= 0.3 is 0 Å². The lowest BCUT2D eigenvalue weighted by Crippen LogP contribution is -2.25. The summed E-state index contributed by atoms with van der Waals surface area (Å²) in [6.07, 6.45) is 5.32. The SMILES string of the molecule is CN(CC1CC1)Cn1nc(CN2CCCC2)n(-c2ccccc2)c1=S. The molecule has 1 saturated heterocycles. The second kappa shape index (κ2) is 7.40. The fourth-order valence-electron chi connectivity index (χ4n) is 3.65. The van der Waals surface area contributed by atoms with Gasteiger partial charge in [-0.15, -0.1) is 0 Å². The van der Waals surface area contributed by atoms with Crippen LogP contribution in [0, 0.1) is 10.7 Å². The Hall–Kier alpha value is -1.50. The van der Waals surface area contributed by atoms with E-state index in [0.717, 1.165) is 55.0 Å². The molecule has 2 aliphatic rings. The number of para-hydroxylation sites is 1. The number of aromatic nitrogens is 3. The van der Waals surface area contributed by atoms with Crippen LogP contribution in [0.4, 0.5) is 0 Å². The second-order valence-electron chi connectivity index (χ2n) is 7.48. The Morgan fingerprint density at radius 2 is 1.88 bits per heavy atom. The molecule has 0 amide bonds. The molecule has 0 atom stereocenters. The van der Waals surface area contributed by atoms with Crippen molar-refractivity contribution >= 4 is 12.2 Å². The van der Waals surface area contributed by atoms with E-state index in [1.165, 1.54) is 25.7 Å². The van der Waals surface area contributed by atoms with Gasteiger partial charge in [0.25, 0.3) is 0 Å². The van der Waals surface area contributed by atoms with Gasteiger partial charge in [0.05, 0.1) is 13.2 Å². The summed E-state index contributed by atoms with van der Waals surface area (Å²) in [7, 11) is 2.17. The molecule has 4 rings (SSSR count). The van der Waals surface area contributed by atoms with Crippen LogP contribution in [0.2, 0.25) is 0 Å². The summed E-state index contributed by atoms with van der Waals surface area (Å²) < 4.78 is 4.94. The highest BCUT2D eigenvalue weighted by Gasteiger charge is 2.24. The average molecular weight is 358 g/mol. The van der Waals surface area contributed by atoms with Crippen molar-refractivity contribution in [2.45, 2.75) is 38.9 Å². The molecule has 1 aromatic carbocycles. The van der Waals surface area contributed by atoms with Crippen LogP contribution in [0.15, 0.2) is 30.3 Å². The molecule has 1 aromatic heterocycles. The van der Waals surface area contributed by atoms with Crippen molar-refractivity contribution in [1.82, 2.24) is 24.1 Å². The van der Waals surface area contributed by atoms with Crippen molar-refractivity contribution < 1.29 is 0 Å². The summed E-state index contributed by atoms with van der Waals surface area (Å²) in [6.45, 7) is 5.10. The van der Waals surface area contributed by atoms with Crippen LogP contribution in [0.1, 0.15) is 31.5 Å². The smallest absolute Gasteiger partial charge is 0.203 e. The molecular formula is C19H27N5S. The average Bonchev–Trinajstić information content (AvgIpc) is 3.16. The molecule has 2 fully saturated rings. The van der Waals surface area contributed by atoms with E-state index in [-0.39, 0.29) is 0 Å². The summed E-state index contributed by atoms with van der Waals surface area (Å²) in [5.74, 6) is 1.93. The van der Waals surface area contributed by atoms with Gasteiger partial charge in [-0.05, 0) is 76.1 Å². The van der Waals surface area contributed by atoms with E-state index in [0.29, 0.717) is 0 Å². The Bertz CT molecular complexity index is 756. The van der Waals surface area contributed by atoms with Gasteiger partial charge in [-0.25, -0.2) is 4.68 Å². The first-order valence-electron chi connectivity index (χ1n) is 9.36. The Kier molecular flexibility index (Phi) is 5.01.